The van der Waals surface area contributed by atoms with Crippen LogP contribution >= 0.6 is 0 Å². The van der Waals surface area contributed by atoms with Gasteiger partial charge < -0.3 is 0 Å². The Labute approximate surface area is 121 Å². The molecule has 0 fully saturated rings. The monoisotopic (exact) mass is 286 g/mol. The average molecular weight is 286 g/mol. The number of aliphatic imine (C=N–C) groups is 1. The molecule has 0 bridgehead atoms. The van der Waals surface area contributed by atoms with E-state index in [4.69, 9.17) is 0 Å². The Bertz CT molecular complexity index is 676. The Morgan fingerprint density at radius 3 is 2.48 bits per heavy atom. The Kier molecular flexibility index (Phi) is 4.07. The highest BCUT2D eigenvalue weighted by Gasteiger charge is 2.36. The van der Waals surface area contributed by atoms with Crippen LogP contribution in [-0.4, -0.2) is 22.7 Å². The predicted octanol–water partition coefficient (Wildman–Crippen LogP) is 2.44. The predicted molar refractivity (Wildman–Crippen MR) is 77.3 cm³/mol. The van der Waals surface area contributed by atoms with Crippen LogP contribution < -0.4 is 0 Å². The van der Waals surface area contributed by atoms with Crippen LogP contribution in [0.3, 0.4) is 0 Å². The fraction of sp³-hybridized carbons (Fsp3) is 0.267. The third-order valence-corrected chi connectivity index (χ3v) is 3.50. The van der Waals surface area contributed by atoms with Crippen LogP contribution in [-0.2, 0) is 9.59 Å². The Hall–Kier alpha value is -2.63. The average Bonchev–Trinajstić information content (AvgIpc) is 2.46. The van der Waals surface area contributed by atoms with E-state index in [0.717, 1.165) is 0 Å². The first-order chi connectivity index (χ1) is 9.93. The van der Waals surface area contributed by atoms with Crippen molar-refractivity contribution < 1.29 is 14.5 Å². The molecule has 0 aromatic heterocycles. The van der Waals surface area contributed by atoms with E-state index >= 15 is 0 Å². The fourth-order valence-corrected chi connectivity index (χ4v) is 2.50. The standard InChI is InChI=1S/C15H14N2O4/c1-9(18)12-7-16-8-13(10(2)19)15(12)11-5-3-4-6-14(11)17(20)21/h3-8,12,15H,1-2H3. The van der Waals surface area contributed by atoms with Crippen molar-refractivity contribution in [3.8, 4) is 0 Å². The first-order valence-corrected chi connectivity index (χ1v) is 6.41. The second-order valence-electron chi connectivity index (χ2n) is 4.87. The van der Waals surface area contributed by atoms with E-state index < -0.39 is 16.8 Å². The lowest BCUT2D eigenvalue weighted by Crippen LogP contribution is -2.28. The van der Waals surface area contributed by atoms with Gasteiger partial charge in [-0.25, -0.2) is 0 Å². The SMILES string of the molecule is CC(=O)C1=CN=CC(C(C)=O)C1c1ccccc1[N+](=O)[O-]. The van der Waals surface area contributed by atoms with E-state index in [1.165, 1.54) is 32.3 Å². The van der Waals surface area contributed by atoms with Gasteiger partial charge in [0.2, 0.25) is 0 Å². The van der Waals surface area contributed by atoms with Gasteiger partial charge in [-0.2, -0.15) is 0 Å². The summed E-state index contributed by atoms with van der Waals surface area (Å²) in [6.45, 7) is 2.76. The highest BCUT2D eigenvalue weighted by atomic mass is 16.6. The highest BCUT2D eigenvalue weighted by Crippen LogP contribution is 2.39. The molecule has 0 amide bonds. The minimum absolute atomic E-state index is 0.101. The third-order valence-electron chi connectivity index (χ3n) is 3.50. The van der Waals surface area contributed by atoms with E-state index in [0.29, 0.717) is 11.1 Å². The number of benzene rings is 1. The molecule has 2 rings (SSSR count). The Morgan fingerprint density at radius 2 is 1.90 bits per heavy atom. The number of nitro benzene ring substituents is 1. The number of allylic oxidation sites excluding steroid dienone is 1. The van der Waals surface area contributed by atoms with Gasteiger partial charge in [0.1, 0.15) is 5.78 Å². The molecule has 0 N–H and O–H groups in total. The van der Waals surface area contributed by atoms with Crippen molar-refractivity contribution in [1.82, 2.24) is 0 Å². The van der Waals surface area contributed by atoms with Crippen LogP contribution in [0.4, 0.5) is 5.69 Å². The first-order valence-electron chi connectivity index (χ1n) is 6.41. The Balaban J connectivity index is 2.63. The molecule has 6 heteroatoms. The topological polar surface area (TPSA) is 89.6 Å². The molecule has 0 saturated carbocycles. The van der Waals surface area contributed by atoms with Gasteiger partial charge in [0.15, 0.2) is 5.78 Å². The fourth-order valence-electron chi connectivity index (χ4n) is 2.50. The quantitative estimate of drug-likeness (QED) is 0.628. The van der Waals surface area contributed by atoms with Gasteiger partial charge in [-0.3, -0.25) is 24.7 Å². The molecule has 1 aromatic rings. The Morgan fingerprint density at radius 1 is 1.24 bits per heavy atom. The lowest BCUT2D eigenvalue weighted by atomic mass is 9.76. The second-order valence-corrected chi connectivity index (χ2v) is 4.87. The molecule has 0 radical (unpaired) electrons. The molecular formula is C15H14N2O4. The number of carbonyl (C=O) groups excluding carboxylic acids is 2. The van der Waals surface area contributed by atoms with Gasteiger partial charge in [0, 0.05) is 35.5 Å². The number of para-hydroxylation sites is 1. The zero-order valence-electron chi connectivity index (χ0n) is 11.6. The molecule has 2 atom stereocenters. The first kappa shape index (κ1) is 14.8. The molecule has 0 spiro atoms. The number of hydrogen-bond acceptors (Lipinski definition) is 5. The van der Waals surface area contributed by atoms with Crippen molar-refractivity contribution >= 4 is 23.5 Å². The van der Waals surface area contributed by atoms with Crippen molar-refractivity contribution in [2.45, 2.75) is 19.8 Å². The lowest BCUT2D eigenvalue weighted by molar-refractivity contribution is -0.385. The number of nitro groups is 1. The number of nitrogens with zero attached hydrogens (tertiary/aromatic N) is 2. The summed E-state index contributed by atoms with van der Waals surface area (Å²) in [5, 5.41) is 11.2. The van der Waals surface area contributed by atoms with Crippen LogP contribution in [0.5, 0.6) is 0 Å². The van der Waals surface area contributed by atoms with Crippen LogP contribution in [0.1, 0.15) is 25.3 Å². The number of rotatable bonds is 4. The van der Waals surface area contributed by atoms with E-state index in [2.05, 4.69) is 4.99 Å². The summed E-state index contributed by atoms with van der Waals surface area (Å²) in [5.41, 5.74) is 0.568. The molecule has 21 heavy (non-hydrogen) atoms. The summed E-state index contributed by atoms with van der Waals surface area (Å²) in [6, 6.07) is 6.16. The summed E-state index contributed by atoms with van der Waals surface area (Å²) in [7, 11) is 0. The van der Waals surface area contributed by atoms with Gasteiger partial charge in [0.25, 0.3) is 5.69 Å². The van der Waals surface area contributed by atoms with Crippen molar-refractivity contribution in [2.75, 3.05) is 0 Å². The molecule has 1 heterocycles. The number of carbonyl (C=O) groups is 2. The largest absolute Gasteiger partial charge is 0.299 e. The number of hydrogen-bond donors (Lipinski definition) is 0. The van der Waals surface area contributed by atoms with Crippen LogP contribution in [0.15, 0.2) is 41.0 Å². The maximum Gasteiger partial charge on any atom is 0.273 e. The molecule has 1 aliphatic rings. The van der Waals surface area contributed by atoms with E-state index in [9.17, 15) is 19.7 Å². The van der Waals surface area contributed by atoms with E-state index in [1.54, 1.807) is 18.2 Å². The van der Waals surface area contributed by atoms with Gasteiger partial charge in [-0.15, -0.1) is 0 Å². The van der Waals surface area contributed by atoms with Crippen LogP contribution in [0, 0.1) is 16.0 Å². The van der Waals surface area contributed by atoms with E-state index in [-0.39, 0.29) is 17.3 Å². The molecule has 1 aliphatic heterocycles. The summed E-state index contributed by atoms with van der Waals surface area (Å²) < 4.78 is 0. The van der Waals surface area contributed by atoms with Gasteiger partial charge in [-0.1, -0.05) is 18.2 Å². The lowest BCUT2D eigenvalue weighted by Gasteiger charge is -2.26. The second kappa shape index (κ2) is 5.78. The van der Waals surface area contributed by atoms with Crippen LogP contribution in [0.2, 0.25) is 0 Å². The summed E-state index contributed by atoms with van der Waals surface area (Å²) in [5.74, 6) is -1.77. The van der Waals surface area contributed by atoms with Crippen molar-refractivity contribution in [1.29, 1.82) is 0 Å². The van der Waals surface area contributed by atoms with Crippen molar-refractivity contribution in [2.24, 2.45) is 10.9 Å². The van der Waals surface area contributed by atoms with Crippen molar-refractivity contribution in [3.63, 3.8) is 0 Å². The van der Waals surface area contributed by atoms with Crippen molar-refractivity contribution in [3.05, 3.63) is 51.7 Å². The van der Waals surface area contributed by atoms with Gasteiger partial charge in [-0.05, 0) is 13.8 Å². The summed E-state index contributed by atoms with van der Waals surface area (Å²) >= 11 is 0. The van der Waals surface area contributed by atoms with Gasteiger partial charge >= 0.3 is 0 Å². The molecule has 108 valence electrons. The maximum absolute atomic E-state index is 11.8. The highest BCUT2D eigenvalue weighted by molar-refractivity contribution is 6.02. The van der Waals surface area contributed by atoms with Gasteiger partial charge in [0.05, 0.1) is 10.8 Å². The van der Waals surface area contributed by atoms with Crippen LogP contribution in [0.25, 0.3) is 0 Å². The number of ketones is 2. The minimum Gasteiger partial charge on any atom is -0.299 e. The zero-order chi connectivity index (χ0) is 15.6. The summed E-state index contributed by atoms with van der Waals surface area (Å²) in [4.78, 5) is 38.3. The molecule has 0 aliphatic carbocycles. The third kappa shape index (κ3) is 2.79. The molecule has 0 saturated heterocycles. The smallest absolute Gasteiger partial charge is 0.273 e. The zero-order valence-corrected chi connectivity index (χ0v) is 11.6. The molecule has 2 unspecified atom stereocenters. The molecule has 1 aromatic carbocycles. The number of Topliss-reactive ketones (excluding diaryl/α,β-unsaturated/α-hetero) is 2. The summed E-state index contributed by atoms with van der Waals surface area (Å²) in [6.07, 6.45) is 2.82. The maximum atomic E-state index is 11.8. The van der Waals surface area contributed by atoms with E-state index in [1.807, 2.05) is 0 Å². The minimum atomic E-state index is -0.671. The normalized spacial score (nSPS) is 20.8. The molecular weight excluding hydrogens is 272 g/mol. The molecule has 6 nitrogen and oxygen atoms in total.